The van der Waals surface area contributed by atoms with Crippen LogP contribution in [0.2, 0.25) is 0 Å². The molecule has 1 fully saturated rings. The molecule has 4 nitrogen and oxygen atoms in total. The summed E-state index contributed by atoms with van der Waals surface area (Å²) in [5.74, 6) is 1.05. The highest BCUT2D eigenvalue weighted by Crippen LogP contribution is 2.16. The van der Waals surface area contributed by atoms with E-state index in [1.165, 1.54) is 0 Å². The van der Waals surface area contributed by atoms with E-state index >= 15 is 0 Å². The van der Waals surface area contributed by atoms with Gasteiger partial charge in [-0.3, -0.25) is 4.79 Å². The van der Waals surface area contributed by atoms with E-state index in [1.807, 2.05) is 0 Å². The van der Waals surface area contributed by atoms with Gasteiger partial charge in [0.1, 0.15) is 0 Å². The summed E-state index contributed by atoms with van der Waals surface area (Å²) in [5, 5.41) is 3.04. The van der Waals surface area contributed by atoms with Crippen LogP contribution in [-0.4, -0.2) is 31.7 Å². The largest absolute Gasteiger partial charge is 0.381 e. The van der Waals surface area contributed by atoms with Crippen LogP contribution < -0.4 is 11.1 Å². The van der Waals surface area contributed by atoms with E-state index in [0.29, 0.717) is 24.8 Å². The third-order valence-corrected chi connectivity index (χ3v) is 3.33. The Morgan fingerprint density at radius 3 is 2.88 bits per heavy atom. The molecule has 0 aromatic rings. The summed E-state index contributed by atoms with van der Waals surface area (Å²) < 4.78 is 5.31. The molecule has 1 rings (SSSR count). The molecule has 0 radical (unpaired) electrons. The summed E-state index contributed by atoms with van der Waals surface area (Å²) in [6.07, 6.45) is 2.51. The number of carbonyl (C=O) groups is 1. The third kappa shape index (κ3) is 4.49. The molecule has 16 heavy (non-hydrogen) atoms. The van der Waals surface area contributed by atoms with Crippen molar-refractivity contribution in [1.29, 1.82) is 0 Å². The summed E-state index contributed by atoms with van der Waals surface area (Å²) in [7, 11) is 0. The van der Waals surface area contributed by atoms with Gasteiger partial charge in [0.05, 0.1) is 6.61 Å². The smallest absolute Gasteiger partial charge is 0.220 e. The first-order valence-corrected chi connectivity index (χ1v) is 6.20. The molecule has 0 spiro atoms. The Bertz CT molecular complexity index is 215. The second-order valence-corrected chi connectivity index (χ2v) is 4.86. The van der Waals surface area contributed by atoms with Gasteiger partial charge in [-0.05, 0) is 32.2 Å². The molecule has 0 bridgehead atoms. The molecular weight excluding hydrogens is 204 g/mol. The lowest BCUT2D eigenvalue weighted by molar-refractivity contribution is -0.122. The second kappa shape index (κ2) is 6.86. The van der Waals surface area contributed by atoms with Crippen molar-refractivity contribution >= 4 is 5.91 Å². The van der Waals surface area contributed by atoms with Gasteiger partial charge in [0.2, 0.25) is 5.91 Å². The SMILES string of the molecule is CC(CN)CCC(=O)NC(C)C1CCOC1. The van der Waals surface area contributed by atoms with E-state index < -0.39 is 0 Å². The number of nitrogens with one attached hydrogen (secondary N) is 1. The summed E-state index contributed by atoms with van der Waals surface area (Å²) in [4.78, 5) is 11.6. The molecule has 0 aromatic carbocycles. The molecule has 0 saturated carbocycles. The van der Waals surface area contributed by atoms with Gasteiger partial charge in [-0.15, -0.1) is 0 Å². The maximum absolute atomic E-state index is 11.6. The van der Waals surface area contributed by atoms with Gasteiger partial charge in [0.25, 0.3) is 0 Å². The Morgan fingerprint density at radius 2 is 2.31 bits per heavy atom. The van der Waals surface area contributed by atoms with Crippen molar-refractivity contribution in [3.05, 3.63) is 0 Å². The van der Waals surface area contributed by atoms with Crippen LogP contribution in [0.1, 0.15) is 33.1 Å². The quantitative estimate of drug-likeness (QED) is 0.710. The van der Waals surface area contributed by atoms with Crippen molar-refractivity contribution < 1.29 is 9.53 Å². The predicted octanol–water partition coefficient (Wildman–Crippen LogP) is 0.903. The number of ether oxygens (including phenoxy) is 1. The molecule has 0 aromatic heterocycles. The Labute approximate surface area is 97.9 Å². The molecule has 1 amide bonds. The summed E-state index contributed by atoms with van der Waals surface area (Å²) >= 11 is 0. The van der Waals surface area contributed by atoms with Crippen LogP contribution in [0.5, 0.6) is 0 Å². The van der Waals surface area contributed by atoms with Crippen molar-refractivity contribution in [2.24, 2.45) is 17.6 Å². The first-order valence-electron chi connectivity index (χ1n) is 6.20. The van der Waals surface area contributed by atoms with Crippen LogP contribution in [0, 0.1) is 11.8 Å². The van der Waals surface area contributed by atoms with Gasteiger partial charge in [-0.1, -0.05) is 6.92 Å². The monoisotopic (exact) mass is 228 g/mol. The average molecular weight is 228 g/mol. The van der Waals surface area contributed by atoms with Gasteiger partial charge in [0, 0.05) is 25.0 Å². The van der Waals surface area contributed by atoms with Gasteiger partial charge >= 0.3 is 0 Å². The van der Waals surface area contributed by atoms with Gasteiger partial charge < -0.3 is 15.8 Å². The number of nitrogens with two attached hydrogens (primary N) is 1. The highest BCUT2D eigenvalue weighted by Gasteiger charge is 2.23. The first-order chi connectivity index (χ1) is 7.63. The lowest BCUT2D eigenvalue weighted by Crippen LogP contribution is -2.38. The zero-order valence-corrected chi connectivity index (χ0v) is 10.4. The molecule has 0 aliphatic carbocycles. The Morgan fingerprint density at radius 1 is 1.56 bits per heavy atom. The van der Waals surface area contributed by atoms with Crippen molar-refractivity contribution in [2.75, 3.05) is 19.8 Å². The van der Waals surface area contributed by atoms with Crippen LogP contribution in [0.4, 0.5) is 0 Å². The van der Waals surface area contributed by atoms with Crippen molar-refractivity contribution in [1.82, 2.24) is 5.32 Å². The number of hydrogen-bond donors (Lipinski definition) is 2. The van der Waals surface area contributed by atoms with Gasteiger partial charge in [-0.2, -0.15) is 0 Å². The van der Waals surface area contributed by atoms with Gasteiger partial charge in [0.15, 0.2) is 0 Å². The fourth-order valence-corrected chi connectivity index (χ4v) is 1.89. The highest BCUT2D eigenvalue weighted by atomic mass is 16.5. The topological polar surface area (TPSA) is 64.4 Å². The number of carbonyl (C=O) groups excluding carboxylic acids is 1. The third-order valence-electron chi connectivity index (χ3n) is 3.33. The van der Waals surface area contributed by atoms with E-state index in [2.05, 4.69) is 19.2 Å². The lowest BCUT2D eigenvalue weighted by Gasteiger charge is -2.19. The number of rotatable bonds is 6. The van der Waals surface area contributed by atoms with Crippen LogP contribution >= 0.6 is 0 Å². The van der Waals surface area contributed by atoms with Crippen LogP contribution in [0.15, 0.2) is 0 Å². The zero-order valence-electron chi connectivity index (χ0n) is 10.4. The van der Waals surface area contributed by atoms with Crippen molar-refractivity contribution in [2.45, 2.75) is 39.2 Å². The molecule has 3 unspecified atom stereocenters. The van der Waals surface area contributed by atoms with Crippen molar-refractivity contribution in [3.8, 4) is 0 Å². The molecular formula is C12H24N2O2. The van der Waals surface area contributed by atoms with E-state index in [0.717, 1.165) is 26.1 Å². The minimum Gasteiger partial charge on any atom is -0.381 e. The number of amides is 1. The molecule has 1 heterocycles. The fraction of sp³-hybridized carbons (Fsp3) is 0.917. The minimum absolute atomic E-state index is 0.139. The van der Waals surface area contributed by atoms with E-state index in [4.69, 9.17) is 10.5 Å². The minimum atomic E-state index is 0.139. The average Bonchev–Trinajstić information content (AvgIpc) is 2.79. The maximum Gasteiger partial charge on any atom is 0.220 e. The van der Waals surface area contributed by atoms with E-state index in [-0.39, 0.29) is 11.9 Å². The molecule has 1 aliphatic rings. The Balaban J connectivity index is 2.17. The van der Waals surface area contributed by atoms with E-state index in [9.17, 15) is 4.79 Å². The lowest BCUT2D eigenvalue weighted by atomic mass is 10.00. The summed E-state index contributed by atoms with van der Waals surface area (Å²) in [6, 6.07) is 0.225. The van der Waals surface area contributed by atoms with Crippen LogP contribution in [0.25, 0.3) is 0 Å². The Hall–Kier alpha value is -0.610. The van der Waals surface area contributed by atoms with Crippen LogP contribution in [-0.2, 0) is 9.53 Å². The second-order valence-electron chi connectivity index (χ2n) is 4.86. The summed E-state index contributed by atoms with van der Waals surface area (Å²) in [5.41, 5.74) is 5.51. The van der Waals surface area contributed by atoms with Crippen LogP contribution in [0.3, 0.4) is 0 Å². The first kappa shape index (κ1) is 13.5. The number of hydrogen-bond acceptors (Lipinski definition) is 3. The molecule has 1 saturated heterocycles. The predicted molar refractivity (Wildman–Crippen MR) is 64.0 cm³/mol. The summed E-state index contributed by atoms with van der Waals surface area (Å²) in [6.45, 7) is 6.39. The zero-order chi connectivity index (χ0) is 12.0. The molecule has 94 valence electrons. The normalized spacial score (nSPS) is 24.1. The van der Waals surface area contributed by atoms with E-state index in [1.54, 1.807) is 0 Å². The molecule has 1 aliphatic heterocycles. The molecule has 3 N–H and O–H groups in total. The molecule has 4 heteroatoms. The van der Waals surface area contributed by atoms with Crippen molar-refractivity contribution in [3.63, 3.8) is 0 Å². The Kier molecular flexibility index (Phi) is 5.77. The maximum atomic E-state index is 11.6. The fourth-order valence-electron chi connectivity index (χ4n) is 1.89. The molecule has 3 atom stereocenters. The standard InChI is InChI=1S/C12H24N2O2/c1-9(7-13)3-4-12(15)14-10(2)11-5-6-16-8-11/h9-11H,3-8,13H2,1-2H3,(H,14,15). The highest BCUT2D eigenvalue weighted by molar-refractivity contribution is 5.76. The van der Waals surface area contributed by atoms with Gasteiger partial charge in [-0.25, -0.2) is 0 Å².